The maximum atomic E-state index is 10.7. The number of rotatable bonds is 6. The summed E-state index contributed by atoms with van der Waals surface area (Å²) < 4.78 is 34.0. The lowest BCUT2D eigenvalue weighted by Gasteiger charge is -2.07. The molecule has 1 N–H and O–H groups in total. The molecule has 0 saturated carbocycles. The molecule has 0 radical (unpaired) electrons. The summed E-state index contributed by atoms with van der Waals surface area (Å²) in [6, 6.07) is 27.7. The average molecular weight is 435 g/mol. The Bertz CT molecular complexity index is 891. The highest BCUT2D eigenvalue weighted by Crippen LogP contribution is 2.26. The second-order valence-electron chi connectivity index (χ2n) is 5.75. The minimum atomic E-state index is -4.08. The summed E-state index contributed by atoms with van der Waals surface area (Å²) in [7, 11) is -2.53. The van der Waals surface area contributed by atoms with E-state index < -0.39 is 14.7 Å². The fourth-order valence-electron chi connectivity index (χ4n) is 2.18. The van der Waals surface area contributed by atoms with E-state index in [0.29, 0.717) is 5.75 Å². The van der Waals surface area contributed by atoms with Gasteiger partial charge in [0.1, 0.15) is 10.3 Å². The van der Waals surface area contributed by atoms with Crippen molar-refractivity contribution in [2.45, 2.75) is 20.8 Å². The maximum absolute atomic E-state index is 10.7. The zero-order valence-corrected chi connectivity index (χ0v) is 17.8. The van der Waals surface area contributed by atoms with Crippen molar-refractivity contribution in [2.24, 2.45) is 0 Å². The molecule has 3 rings (SSSR count). The SMILES string of the molecule is COc1ccc(CC(S)S(=O)(=O)O)cc1.c1ccc(Sc2ccccc2)cc1. The summed E-state index contributed by atoms with van der Waals surface area (Å²) in [5, 5.41) is 0. The Morgan fingerprint density at radius 3 is 1.75 bits per heavy atom. The minimum absolute atomic E-state index is 0.159. The van der Waals surface area contributed by atoms with E-state index in [9.17, 15) is 8.42 Å². The third-order valence-electron chi connectivity index (χ3n) is 3.64. The van der Waals surface area contributed by atoms with Crippen LogP contribution in [0.1, 0.15) is 5.56 Å². The lowest BCUT2D eigenvalue weighted by atomic mass is 10.2. The molecule has 0 saturated heterocycles. The quantitative estimate of drug-likeness (QED) is 0.411. The number of ether oxygens (including phenoxy) is 1. The number of thiol groups is 1. The smallest absolute Gasteiger partial charge is 0.277 e. The van der Waals surface area contributed by atoms with E-state index in [1.807, 2.05) is 12.1 Å². The molecule has 0 spiro atoms. The molecule has 3 aromatic carbocycles. The van der Waals surface area contributed by atoms with Gasteiger partial charge in [0.25, 0.3) is 10.1 Å². The van der Waals surface area contributed by atoms with Crippen molar-refractivity contribution in [2.75, 3.05) is 7.11 Å². The highest BCUT2D eigenvalue weighted by atomic mass is 32.3. The van der Waals surface area contributed by atoms with E-state index in [0.717, 1.165) is 5.56 Å². The van der Waals surface area contributed by atoms with Crippen LogP contribution in [0.2, 0.25) is 0 Å². The number of methoxy groups -OCH3 is 1. The van der Waals surface area contributed by atoms with Crippen LogP contribution >= 0.6 is 24.4 Å². The molecule has 4 nitrogen and oxygen atoms in total. The maximum Gasteiger partial charge on any atom is 0.277 e. The van der Waals surface area contributed by atoms with Crippen LogP contribution in [-0.4, -0.2) is 24.7 Å². The molecule has 28 heavy (non-hydrogen) atoms. The normalized spacial score (nSPS) is 11.8. The number of hydrogen-bond donors (Lipinski definition) is 2. The van der Waals surface area contributed by atoms with Crippen LogP contribution < -0.4 is 4.74 Å². The van der Waals surface area contributed by atoms with Crippen LogP contribution in [0, 0.1) is 0 Å². The molecule has 148 valence electrons. The number of hydrogen-bond acceptors (Lipinski definition) is 5. The summed E-state index contributed by atoms with van der Waals surface area (Å²) in [6.45, 7) is 0. The molecule has 1 atom stereocenters. The Morgan fingerprint density at radius 2 is 1.36 bits per heavy atom. The van der Waals surface area contributed by atoms with Gasteiger partial charge in [-0.3, -0.25) is 4.55 Å². The van der Waals surface area contributed by atoms with Crippen LogP contribution in [0.4, 0.5) is 0 Å². The van der Waals surface area contributed by atoms with Gasteiger partial charge >= 0.3 is 0 Å². The molecule has 1 unspecified atom stereocenters. The highest BCUT2D eigenvalue weighted by Gasteiger charge is 2.18. The van der Waals surface area contributed by atoms with Crippen molar-refractivity contribution in [3.8, 4) is 5.75 Å². The van der Waals surface area contributed by atoms with Gasteiger partial charge in [0.15, 0.2) is 0 Å². The fourth-order valence-corrected chi connectivity index (χ4v) is 3.65. The molecule has 0 aromatic heterocycles. The predicted molar refractivity (Wildman–Crippen MR) is 118 cm³/mol. The summed E-state index contributed by atoms with van der Waals surface area (Å²) in [6.07, 6.45) is 0.159. The summed E-state index contributed by atoms with van der Waals surface area (Å²) >= 11 is 5.59. The van der Waals surface area contributed by atoms with Gasteiger partial charge in [-0.2, -0.15) is 21.0 Å². The van der Waals surface area contributed by atoms with Gasteiger partial charge in [-0.15, -0.1) is 0 Å². The van der Waals surface area contributed by atoms with Crippen LogP contribution in [0.5, 0.6) is 5.75 Å². The molecule has 0 heterocycles. The first-order valence-electron chi connectivity index (χ1n) is 8.43. The predicted octanol–water partition coefficient (Wildman–Crippen LogP) is 5.22. The van der Waals surface area contributed by atoms with E-state index in [1.165, 1.54) is 9.79 Å². The van der Waals surface area contributed by atoms with Crippen molar-refractivity contribution < 1.29 is 17.7 Å². The van der Waals surface area contributed by atoms with Crippen molar-refractivity contribution in [1.82, 2.24) is 0 Å². The first-order valence-corrected chi connectivity index (χ1v) is 11.3. The zero-order chi connectivity index (χ0) is 20.4. The first kappa shape index (κ1) is 22.4. The van der Waals surface area contributed by atoms with Gasteiger partial charge in [0.05, 0.1) is 7.11 Å². The zero-order valence-electron chi connectivity index (χ0n) is 15.3. The van der Waals surface area contributed by atoms with E-state index >= 15 is 0 Å². The van der Waals surface area contributed by atoms with Crippen molar-refractivity contribution in [1.29, 1.82) is 0 Å². The third kappa shape index (κ3) is 7.98. The van der Waals surface area contributed by atoms with Gasteiger partial charge in [-0.05, 0) is 42.0 Å². The molecular formula is C21H22O4S3. The topological polar surface area (TPSA) is 63.6 Å². The number of benzene rings is 3. The van der Waals surface area contributed by atoms with Crippen LogP contribution in [0.15, 0.2) is 94.7 Å². The largest absolute Gasteiger partial charge is 0.497 e. The second kappa shape index (κ2) is 11.2. The summed E-state index contributed by atoms with van der Waals surface area (Å²) in [5.74, 6) is 0.696. The van der Waals surface area contributed by atoms with Gasteiger partial charge in [0.2, 0.25) is 0 Å². The highest BCUT2D eigenvalue weighted by molar-refractivity contribution is 8.01. The summed E-state index contributed by atoms with van der Waals surface area (Å²) in [4.78, 5) is 2.57. The van der Waals surface area contributed by atoms with Crippen molar-refractivity contribution in [3.63, 3.8) is 0 Å². The van der Waals surface area contributed by atoms with Gasteiger partial charge in [0, 0.05) is 16.2 Å². The van der Waals surface area contributed by atoms with E-state index in [1.54, 1.807) is 43.1 Å². The van der Waals surface area contributed by atoms with Gasteiger partial charge < -0.3 is 4.74 Å². The average Bonchev–Trinajstić information content (AvgIpc) is 2.70. The molecule has 3 aromatic rings. The Hall–Kier alpha value is -1.93. The van der Waals surface area contributed by atoms with E-state index in [4.69, 9.17) is 9.29 Å². The van der Waals surface area contributed by atoms with E-state index in [2.05, 4.69) is 61.2 Å². The molecule has 0 bridgehead atoms. The summed E-state index contributed by atoms with van der Waals surface area (Å²) in [5.41, 5.74) is 0.772. The molecule has 0 aliphatic heterocycles. The minimum Gasteiger partial charge on any atom is -0.497 e. The lowest BCUT2D eigenvalue weighted by Crippen LogP contribution is -2.16. The van der Waals surface area contributed by atoms with Gasteiger partial charge in [-0.25, -0.2) is 0 Å². The van der Waals surface area contributed by atoms with Crippen molar-refractivity contribution in [3.05, 3.63) is 90.5 Å². The van der Waals surface area contributed by atoms with Gasteiger partial charge in [-0.1, -0.05) is 60.3 Å². The van der Waals surface area contributed by atoms with Crippen LogP contribution in [0.3, 0.4) is 0 Å². The Balaban J connectivity index is 0.000000202. The molecule has 0 fully saturated rings. The standard InChI is InChI=1S/C12H10S.C9H12O4S2/c1-3-7-11(8-4-1)13-12-9-5-2-6-10-12;1-13-8-4-2-7(3-5-8)6-9(14)15(10,11)12/h1-10H;2-5,9,14H,6H2,1H3,(H,10,11,12). The van der Waals surface area contributed by atoms with Crippen molar-refractivity contribution >= 4 is 34.5 Å². The Kier molecular flexibility index (Phi) is 8.92. The first-order chi connectivity index (χ1) is 13.4. The molecule has 7 heteroatoms. The third-order valence-corrected chi connectivity index (χ3v) is 6.49. The molecule has 0 aliphatic rings. The molecule has 0 amide bonds. The fraction of sp³-hybridized carbons (Fsp3) is 0.143. The second-order valence-corrected chi connectivity index (χ2v) is 9.47. The van der Waals surface area contributed by atoms with Crippen LogP contribution in [0.25, 0.3) is 0 Å². The lowest BCUT2D eigenvalue weighted by molar-refractivity contribution is 0.414. The van der Waals surface area contributed by atoms with Crippen LogP contribution in [-0.2, 0) is 16.5 Å². The monoisotopic (exact) mass is 434 g/mol. The molecule has 0 aliphatic carbocycles. The molecular weight excluding hydrogens is 412 g/mol. The Labute approximate surface area is 176 Å². The Morgan fingerprint density at radius 1 is 0.893 bits per heavy atom. The van der Waals surface area contributed by atoms with E-state index in [-0.39, 0.29) is 6.42 Å².